The van der Waals surface area contributed by atoms with Gasteiger partial charge in [0.15, 0.2) is 0 Å². The Morgan fingerprint density at radius 2 is 1.57 bits per heavy atom. The SMILES string of the molecule is CCC(C)(C)CCOC(C)(C)C(C)C. The standard InChI is InChI=1S/C13H28O/c1-8-12(4,5)9-10-14-13(6,7)11(2)3/h11H,8-10H2,1-7H3. The van der Waals surface area contributed by atoms with Crippen LogP contribution < -0.4 is 0 Å². The summed E-state index contributed by atoms with van der Waals surface area (Å²) in [6.07, 6.45) is 2.37. The molecule has 0 bridgehead atoms. The van der Waals surface area contributed by atoms with E-state index >= 15 is 0 Å². The van der Waals surface area contributed by atoms with Crippen LogP contribution in [0.25, 0.3) is 0 Å². The summed E-state index contributed by atoms with van der Waals surface area (Å²) in [6.45, 7) is 16.5. The van der Waals surface area contributed by atoms with Gasteiger partial charge in [-0.1, -0.05) is 41.0 Å². The maximum Gasteiger partial charge on any atom is 0.0649 e. The lowest BCUT2D eigenvalue weighted by Gasteiger charge is -2.31. The topological polar surface area (TPSA) is 9.23 Å². The van der Waals surface area contributed by atoms with E-state index in [0.29, 0.717) is 11.3 Å². The van der Waals surface area contributed by atoms with Crippen LogP contribution in [-0.4, -0.2) is 12.2 Å². The molecule has 0 aliphatic rings. The summed E-state index contributed by atoms with van der Waals surface area (Å²) in [7, 11) is 0. The third kappa shape index (κ3) is 4.99. The molecule has 0 fully saturated rings. The molecule has 0 spiro atoms. The zero-order valence-electron chi connectivity index (χ0n) is 11.1. The Bertz CT molecular complexity index is 157. The minimum absolute atomic E-state index is 0.0177. The van der Waals surface area contributed by atoms with Crippen molar-refractivity contribution in [1.29, 1.82) is 0 Å². The first-order valence-electron chi connectivity index (χ1n) is 5.85. The average Bonchev–Trinajstić information content (AvgIpc) is 2.03. The maximum atomic E-state index is 5.93. The lowest BCUT2D eigenvalue weighted by molar-refractivity contribution is -0.0592. The molecule has 0 unspecified atom stereocenters. The lowest BCUT2D eigenvalue weighted by Crippen LogP contribution is -2.32. The van der Waals surface area contributed by atoms with Crippen molar-refractivity contribution in [3.8, 4) is 0 Å². The Morgan fingerprint density at radius 1 is 1.07 bits per heavy atom. The molecule has 0 atom stereocenters. The number of hydrogen-bond donors (Lipinski definition) is 0. The molecule has 0 saturated carbocycles. The van der Waals surface area contributed by atoms with Crippen LogP contribution in [0.1, 0.15) is 61.3 Å². The molecule has 0 radical (unpaired) electrons. The highest BCUT2D eigenvalue weighted by molar-refractivity contribution is 4.73. The van der Waals surface area contributed by atoms with Crippen LogP contribution in [0, 0.1) is 11.3 Å². The van der Waals surface area contributed by atoms with E-state index in [1.54, 1.807) is 0 Å². The lowest BCUT2D eigenvalue weighted by atomic mass is 9.87. The molecular formula is C13H28O. The third-order valence-corrected chi connectivity index (χ3v) is 3.60. The van der Waals surface area contributed by atoms with Crippen molar-refractivity contribution in [3.63, 3.8) is 0 Å². The molecule has 14 heavy (non-hydrogen) atoms. The molecule has 86 valence electrons. The monoisotopic (exact) mass is 200 g/mol. The Kier molecular flexibility index (Phi) is 5.14. The van der Waals surface area contributed by atoms with Crippen LogP contribution in [0.15, 0.2) is 0 Å². The Balaban J connectivity index is 3.85. The molecule has 1 heteroatoms. The van der Waals surface area contributed by atoms with Gasteiger partial charge in [-0.15, -0.1) is 0 Å². The highest BCUT2D eigenvalue weighted by Crippen LogP contribution is 2.27. The predicted octanol–water partition coefficient (Wildman–Crippen LogP) is 4.26. The molecule has 0 aliphatic heterocycles. The largest absolute Gasteiger partial charge is 0.375 e. The van der Waals surface area contributed by atoms with Gasteiger partial charge >= 0.3 is 0 Å². The molecule has 0 rings (SSSR count). The van der Waals surface area contributed by atoms with Gasteiger partial charge in [0.1, 0.15) is 0 Å². The molecule has 0 aliphatic carbocycles. The smallest absolute Gasteiger partial charge is 0.0649 e. The van der Waals surface area contributed by atoms with Crippen molar-refractivity contribution in [2.24, 2.45) is 11.3 Å². The van der Waals surface area contributed by atoms with Gasteiger partial charge in [0.25, 0.3) is 0 Å². The van der Waals surface area contributed by atoms with Gasteiger partial charge in [-0.3, -0.25) is 0 Å². The van der Waals surface area contributed by atoms with E-state index in [2.05, 4.69) is 48.5 Å². The fourth-order valence-corrected chi connectivity index (χ4v) is 0.934. The Labute approximate surface area is 90.2 Å². The zero-order chi connectivity index (χ0) is 11.4. The van der Waals surface area contributed by atoms with Gasteiger partial charge < -0.3 is 4.74 Å². The van der Waals surface area contributed by atoms with E-state index in [9.17, 15) is 0 Å². The van der Waals surface area contributed by atoms with Gasteiger partial charge in [0.05, 0.1) is 5.60 Å². The molecule has 0 saturated heterocycles. The summed E-state index contributed by atoms with van der Waals surface area (Å²) >= 11 is 0. The van der Waals surface area contributed by atoms with E-state index in [0.717, 1.165) is 13.0 Å². The van der Waals surface area contributed by atoms with Gasteiger partial charge in [-0.05, 0) is 31.6 Å². The maximum absolute atomic E-state index is 5.93. The van der Waals surface area contributed by atoms with Crippen LogP contribution in [0.5, 0.6) is 0 Å². The minimum atomic E-state index is 0.0177. The summed E-state index contributed by atoms with van der Waals surface area (Å²) in [5.41, 5.74) is 0.441. The van der Waals surface area contributed by atoms with Gasteiger partial charge in [-0.25, -0.2) is 0 Å². The second-order valence-corrected chi connectivity index (χ2v) is 5.87. The van der Waals surface area contributed by atoms with E-state index in [-0.39, 0.29) is 5.60 Å². The van der Waals surface area contributed by atoms with E-state index < -0.39 is 0 Å². The van der Waals surface area contributed by atoms with Crippen molar-refractivity contribution < 1.29 is 4.74 Å². The van der Waals surface area contributed by atoms with Crippen LogP contribution in [-0.2, 0) is 4.74 Å². The molecule has 0 heterocycles. The van der Waals surface area contributed by atoms with Crippen molar-refractivity contribution >= 4 is 0 Å². The summed E-state index contributed by atoms with van der Waals surface area (Å²) in [4.78, 5) is 0. The molecule has 0 aromatic rings. The van der Waals surface area contributed by atoms with Crippen molar-refractivity contribution in [3.05, 3.63) is 0 Å². The zero-order valence-corrected chi connectivity index (χ0v) is 11.1. The fraction of sp³-hybridized carbons (Fsp3) is 1.00. The molecular weight excluding hydrogens is 172 g/mol. The predicted molar refractivity (Wildman–Crippen MR) is 63.6 cm³/mol. The summed E-state index contributed by atoms with van der Waals surface area (Å²) < 4.78 is 5.93. The van der Waals surface area contributed by atoms with Crippen LogP contribution in [0.3, 0.4) is 0 Å². The normalized spacial score (nSPS) is 13.7. The first kappa shape index (κ1) is 14.0. The van der Waals surface area contributed by atoms with Crippen LogP contribution >= 0.6 is 0 Å². The third-order valence-electron chi connectivity index (χ3n) is 3.60. The molecule has 1 nitrogen and oxygen atoms in total. The molecule has 0 N–H and O–H groups in total. The first-order chi connectivity index (χ1) is 6.21. The second kappa shape index (κ2) is 5.16. The second-order valence-electron chi connectivity index (χ2n) is 5.87. The van der Waals surface area contributed by atoms with Crippen LogP contribution in [0.4, 0.5) is 0 Å². The van der Waals surface area contributed by atoms with Crippen molar-refractivity contribution in [1.82, 2.24) is 0 Å². The average molecular weight is 200 g/mol. The summed E-state index contributed by atoms with van der Waals surface area (Å²) in [5.74, 6) is 0.576. The van der Waals surface area contributed by atoms with Crippen molar-refractivity contribution in [2.45, 2.75) is 66.9 Å². The molecule has 0 amide bonds. The Hall–Kier alpha value is -0.0400. The number of hydrogen-bond acceptors (Lipinski definition) is 1. The number of ether oxygens (including phenoxy) is 1. The van der Waals surface area contributed by atoms with Crippen LogP contribution in [0.2, 0.25) is 0 Å². The first-order valence-corrected chi connectivity index (χ1v) is 5.85. The summed E-state index contributed by atoms with van der Waals surface area (Å²) in [6, 6.07) is 0. The summed E-state index contributed by atoms with van der Waals surface area (Å²) in [5, 5.41) is 0. The highest BCUT2D eigenvalue weighted by atomic mass is 16.5. The number of rotatable bonds is 6. The van der Waals surface area contributed by atoms with E-state index in [4.69, 9.17) is 4.74 Å². The van der Waals surface area contributed by atoms with E-state index in [1.165, 1.54) is 6.42 Å². The fourth-order valence-electron chi connectivity index (χ4n) is 0.934. The van der Waals surface area contributed by atoms with Gasteiger partial charge in [-0.2, -0.15) is 0 Å². The van der Waals surface area contributed by atoms with Gasteiger partial charge in [0, 0.05) is 6.61 Å². The van der Waals surface area contributed by atoms with Gasteiger partial charge in [0.2, 0.25) is 0 Å². The molecule has 0 aromatic heterocycles. The minimum Gasteiger partial charge on any atom is -0.375 e. The van der Waals surface area contributed by atoms with Crippen molar-refractivity contribution in [2.75, 3.05) is 6.61 Å². The highest BCUT2D eigenvalue weighted by Gasteiger charge is 2.24. The quantitative estimate of drug-likeness (QED) is 0.622. The Morgan fingerprint density at radius 3 is 1.93 bits per heavy atom. The van der Waals surface area contributed by atoms with E-state index in [1.807, 2.05) is 0 Å². The molecule has 0 aromatic carbocycles.